The lowest BCUT2D eigenvalue weighted by Crippen LogP contribution is -2.29. The lowest BCUT2D eigenvalue weighted by atomic mass is 9.79. The summed E-state index contributed by atoms with van der Waals surface area (Å²) in [4.78, 5) is 0.859. The lowest BCUT2D eigenvalue weighted by Gasteiger charge is -2.34. The van der Waals surface area contributed by atoms with E-state index in [0.29, 0.717) is 0 Å². The number of halogens is 1. The third-order valence-electron chi connectivity index (χ3n) is 4.28. The Labute approximate surface area is 137 Å². The molecule has 21 heavy (non-hydrogen) atoms. The number of hydrogen-bond donors (Lipinski definition) is 2. The van der Waals surface area contributed by atoms with E-state index in [9.17, 15) is 10.2 Å². The molecule has 1 unspecified atom stereocenters. The van der Waals surface area contributed by atoms with Crippen LogP contribution >= 0.6 is 27.3 Å². The highest BCUT2D eigenvalue weighted by Crippen LogP contribution is 2.46. The predicted octanol–water partition coefficient (Wildman–Crippen LogP) is 4.74. The molecule has 2 aromatic rings. The molecular weight excluding hydrogens is 348 g/mol. The van der Waals surface area contributed by atoms with Crippen LogP contribution in [0.1, 0.15) is 54.2 Å². The minimum Gasteiger partial charge on any atom is -0.385 e. The second-order valence-electron chi connectivity index (χ2n) is 5.73. The van der Waals surface area contributed by atoms with E-state index in [1.807, 2.05) is 35.7 Å². The average molecular weight is 367 g/mol. The lowest BCUT2D eigenvalue weighted by molar-refractivity contribution is -0.00297. The molecule has 1 aliphatic rings. The first-order valence-corrected chi connectivity index (χ1v) is 9.02. The first kappa shape index (κ1) is 15.2. The van der Waals surface area contributed by atoms with Crippen molar-refractivity contribution < 1.29 is 10.2 Å². The summed E-state index contributed by atoms with van der Waals surface area (Å²) in [5.41, 5.74) is 0.957. The van der Waals surface area contributed by atoms with Crippen molar-refractivity contribution >= 4 is 27.3 Å². The van der Waals surface area contributed by atoms with Crippen LogP contribution in [0.15, 0.2) is 40.2 Å². The van der Waals surface area contributed by atoms with Crippen molar-refractivity contribution in [3.05, 3.63) is 56.2 Å². The fraction of sp³-hybridized carbons (Fsp3) is 0.412. The summed E-state index contributed by atoms with van der Waals surface area (Å²) in [6.45, 7) is 0. The molecule has 112 valence electrons. The van der Waals surface area contributed by atoms with Gasteiger partial charge in [0.15, 0.2) is 0 Å². The molecule has 0 radical (unpaired) electrons. The van der Waals surface area contributed by atoms with Gasteiger partial charge in [-0.05, 0) is 34.3 Å². The zero-order valence-corrected chi connectivity index (χ0v) is 14.2. The average Bonchev–Trinajstić information content (AvgIpc) is 2.91. The van der Waals surface area contributed by atoms with Gasteiger partial charge in [0.05, 0.1) is 5.60 Å². The third kappa shape index (κ3) is 2.95. The van der Waals surface area contributed by atoms with Gasteiger partial charge in [-0.3, -0.25) is 0 Å². The van der Waals surface area contributed by atoms with Gasteiger partial charge in [-0.2, -0.15) is 0 Å². The van der Waals surface area contributed by atoms with E-state index in [2.05, 4.69) is 15.9 Å². The SMILES string of the molecule is OC(c1ccccc1)c1scc(Br)c1C1(O)CCCCC1. The number of hydrogen-bond acceptors (Lipinski definition) is 3. The number of aliphatic hydroxyl groups excluding tert-OH is 1. The standard InChI is InChI=1S/C17H19BrO2S/c18-13-11-21-16(15(19)12-7-3-1-4-8-12)14(13)17(20)9-5-2-6-10-17/h1,3-4,7-8,11,15,19-20H,2,5-6,9-10H2. The second-order valence-corrected chi connectivity index (χ2v) is 7.49. The molecule has 0 amide bonds. The van der Waals surface area contributed by atoms with Gasteiger partial charge in [-0.1, -0.05) is 49.6 Å². The van der Waals surface area contributed by atoms with Crippen LogP contribution in [-0.2, 0) is 5.60 Å². The van der Waals surface area contributed by atoms with Crippen LogP contribution in [0.5, 0.6) is 0 Å². The summed E-state index contributed by atoms with van der Waals surface area (Å²) in [7, 11) is 0. The molecule has 1 heterocycles. The maximum absolute atomic E-state index is 11.1. The largest absolute Gasteiger partial charge is 0.385 e. The van der Waals surface area contributed by atoms with Crippen LogP contribution in [0.4, 0.5) is 0 Å². The molecule has 1 atom stereocenters. The van der Waals surface area contributed by atoms with Crippen LogP contribution in [0.3, 0.4) is 0 Å². The Morgan fingerprint density at radius 2 is 1.76 bits per heavy atom. The summed E-state index contributed by atoms with van der Waals surface area (Å²) in [6.07, 6.45) is 4.14. The van der Waals surface area contributed by atoms with Gasteiger partial charge in [-0.25, -0.2) is 0 Å². The van der Waals surface area contributed by atoms with Crippen LogP contribution < -0.4 is 0 Å². The van der Waals surface area contributed by atoms with Gasteiger partial charge in [0.25, 0.3) is 0 Å². The fourth-order valence-corrected chi connectivity index (χ4v) is 5.20. The third-order valence-corrected chi connectivity index (χ3v) is 6.25. The van der Waals surface area contributed by atoms with Crippen LogP contribution in [0.25, 0.3) is 0 Å². The van der Waals surface area contributed by atoms with Gasteiger partial charge in [0.1, 0.15) is 6.10 Å². The number of benzene rings is 1. The smallest absolute Gasteiger partial charge is 0.114 e. The van der Waals surface area contributed by atoms with Crippen LogP contribution in [0, 0.1) is 0 Å². The van der Waals surface area contributed by atoms with Crippen molar-refractivity contribution in [3.63, 3.8) is 0 Å². The number of thiophene rings is 1. The molecule has 1 aromatic carbocycles. The minimum absolute atomic E-state index is 0.677. The molecule has 2 N–H and O–H groups in total. The maximum atomic E-state index is 11.1. The highest BCUT2D eigenvalue weighted by Gasteiger charge is 2.37. The van der Waals surface area contributed by atoms with Crippen LogP contribution in [0.2, 0.25) is 0 Å². The van der Waals surface area contributed by atoms with Gasteiger partial charge >= 0.3 is 0 Å². The Morgan fingerprint density at radius 3 is 2.43 bits per heavy atom. The summed E-state index contributed by atoms with van der Waals surface area (Å²) < 4.78 is 0.918. The van der Waals surface area contributed by atoms with E-state index < -0.39 is 11.7 Å². The second kappa shape index (κ2) is 6.21. The molecular formula is C17H19BrO2S. The molecule has 2 nitrogen and oxygen atoms in total. The molecule has 0 aliphatic heterocycles. The van der Waals surface area contributed by atoms with Crippen molar-refractivity contribution in [2.24, 2.45) is 0 Å². The van der Waals surface area contributed by atoms with E-state index in [0.717, 1.165) is 46.2 Å². The van der Waals surface area contributed by atoms with Crippen LogP contribution in [-0.4, -0.2) is 10.2 Å². The van der Waals surface area contributed by atoms with Crippen molar-refractivity contribution in [1.29, 1.82) is 0 Å². The first-order valence-electron chi connectivity index (χ1n) is 7.34. The summed E-state index contributed by atoms with van der Waals surface area (Å²) in [5.74, 6) is 0. The molecule has 0 saturated heterocycles. The molecule has 4 heteroatoms. The molecule has 1 fully saturated rings. The summed E-state index contributed by atoms with van der Waals surface area (Å²) in [6, 6.07) is 9.64. The van der Waals surface area contributed by atoms with E-state index in [1.165, 1.54) is 17.8 Å². The van der Waals surface area contributed by atoms with Crippen molar-refractivity contribution in [2.75, 3.05) is 0 Å². The predicted molar refractivity (Wildman–Crippen MR) is 89.5 cm³/mol. The normalized spacial score (nSPS) is 19.4. The molecule has 1 saturated carbocycles. The molecule has 0 bridgehead atoms. The van der Waals surface area contributed by atoms with E-state index in [4.69, 9.17) is 0 Å². The fourth-order valence-electron chi connectivity index (χ4n) is 3.18. The van der Waals surface area contributed by atoms with Gasteiger partial charge in [0, 0.05) is 20.3 Å². The van der Waals surface area contributed by atoms with Gasteiger partial charge in [-0.15, -0.1) is 11.3 Å². The molecule has 1 aliphatic carbocycles. The van der Waals surface area contributed by atoms with Crippen molar-refractivity contribution in [1.82, 2.24) is 0 Å². The Balaban J connectivity index is 2.01. The molecule has 1 aromatic heterocycles. The highest BCUT2D eigenvalue weighted by atomic mass is 79.9. The van der Waals surface area contributed by atoms with E-state index in [1.54, 1.807) is 0 Å². The topological polar surface area (TPSA) is 40.5 Å². The highest BCUT2D eigenvalue weighted by molar-refractivity contribution is 9.10. The van der Waals surface area contributed by atoms with Crippen molar-refractivity contribution in [2.45, 2.75) is 43.8 Å². The maximum Gasteiger partial charge on any atom is 0.114 e. The Hall–Kier alpha value is -0.680. The van der Waals surface area contributed by atoms with Gasteiger partial charge < -0.3 is 10.2 Å². The minimum atomic E-state index is -0.803. The molecule has 0 spiro atoms. The summed E-state index contributed by atoms with van der Waals surface area (Å²) in [5, 5.41) is 23.7. The Kier molecular flexibility index (Phi) is 4.50. The Morgan fingerprint density at radius 1 is 1.10 bits per heavy atom. The zero-order chi connectivity index (χ0) is 14.9. The van der Waals surface area contributed by atoms with Crippen molar-refractivity contribution in [3.8, 4) is 0 Å². The zero-order valence-electron chi connectivity index (χ0n) is 11.8. The first-order chi connectivity index (χ1) is 10.1. The number of aliphatic hydroxyl groups is 2. The quantitative estimate of drug-likeness (QED) is 0.822. The monoisotopic (exact) mass is 366 g/mol. The van der Waals surface area contributed by atoms with E-state index in [-0.39, 0.29) is 0 Å². The number of rotatable bonds is 3. The summed E-state index contributed by atoms with van der Waals surface area (Å²) >= 11 is 5.08. The molecule has 3 rings (SSSR count). The van der Waals surface area contributed by atoms with Gasteiger partial charge in [0.2, 0.25) is 0 Å². The van der Waals surface area contributed by atoms with E-state index >= 15 is 0 Å². The Bertz CT molecular complexity index is 603.